The predicted molar refractivity (Wildman–Crippen MR) is 52.6 cm³/mol. The van der Waals surface area contributed by atoms with Crippen molar-refractivity contribution in [1.29, 1.82) is 0 Å². The summed E-state index contributed by atoms with van der Waals surface area (Å²) in [5.74, 6) is 0.144. The average Bonchev–Trinajstić information content (AvgIpc) is 2.36. The summed E-state index contributed by atoms with van der Waals surface area (Å²) in [4.78, 5) is 3.86. The minimum Gasteiger partial charge on any atom is -0.237 e. The molecule has 1 rings (SSSR count). The summed E-state index contributed by atoms with van der Waals surface area (Å²) < 4.78 is 23.5. The number of halogens is 1. The van der Waals surface area contributed by atoms with E-state index in [0.29, 0.717) is 4.21 Å². The molecule has 0 aliphatic carbocycles. The van der Waals surface area contributed by atoms with Gasteiger partial charge >= 0.3 is 0 Å². The topological polar surface area (TPSA) is 47.0 Å². The van der Waals surface area contributed by atoms with Gasteiger partial charge in [-0.1, -0.05) is 18.3 Å². The van der Waals surface area contributed by atoms with Crippen LogP contribution in [0.3, 0.4) is 0 Å². The van der Waals surface area contributed by atoms with Crippen LogP contribution in [-0.2, 0) is 9.84 Å². The zero-order valence-electron chi connectivity index (χ0n) is 5.74. The fourth-order valence-electron chi connectivity index (χ4n) is 0.525. The molecular weight excluding hydrogens is 297 g/mol. The second kappa shape index (κ2) is 3.36. The number of sulfone groups is 1. The Hall–Kier alpha value is 0.310. The van der Waals surface area contributed by atoms with Crippen molar-refractivity contribution < 1.29 is 8.42 Å². The van der Waals surface area contributed by atoms with Crippen LogP contribution in [0.1, 0.15) is 6.92 Å². The first-order valence-corrected chi connectivity index (χ1v) is 6.45. The third kappa shape index (κ3) is 2.12. The highest BCUT2D eigenvalue weighted by atomic mass is 127. The molecule has 0 aromatic carbocycles. The third-order valence-corrected chi connectivity index (χ3v) is 5.15. The molecule has 11 heavy (non-hydrogen) atoms. The van der Waals surface area contributed by atoms with Crippen molar-refractivity contribution in [2.24, 2.45) is 0 Å². The van der Waals surface area contributed by atoms with E-state index in [1.807, 2.05) is 22.6 Å². The molecule has 1 aromatic rings. The van der Waals surface area contributed by atoms with Crippen LogP contribution in [0.4, 0.5) is 0 Å². The smallest absolute Gasteiger partial charge is 0.189 e. The van der Waals surface area contributed by atoms with Gasteiger partial charge in [-0.05, 0) is 22.6 Å². The van der Waals surface area contributed by atoms with Gasteiger partial charge in [0.1, 0.15) is 4.21 Å². The SMILES string of the molecule is CCS(=O)(=O)c1cnc(I)s1. The number of hydrogen-bond donors (Lipinski definition) is 0. The molecule has 0 fully saturated rings. The molecule has 0 unspecified atom stereocenters. The first kappa shape index (κ1) is 9.40. The van der Waals surface area contributed by atoms with E-state index in [1.165, 1.54) is 17.5 Å². The van der Waals surface area contributed by atoms with Crippen molar-refractivity contribution in [2.45, 2.75) is 11.1 Å². The number of thiazole rings is 1. The van der Waals surface area contributed by atoms with Crippen LogP contribution in [0.15, 0.2) is 10.4 Å². The lowest BCUT2D eigenvalue weighted by molar-refractivity contribution is 0.599. The quantitative estimate of drug-likeness (QED) is 0.779. The van der Waals surface area contributed by atoms with Crippen LogP contribution in [-0.4, -0.2) is 19.2 Å². The van der Waals surface area contributed by atoms with Crippen LogP contribution < -0.4 is 0 Å². The fourth-order valence-corrected chi connectivity index (χ4v) is 3.80. The lowest BCUT2D eigenvalue weighted by Gasteiger charge is -1.91. The summed E-state index contributed by atoms with van der Waals surface area (Å²) in [6, 6.07) is 0. The number of aromatic nitrogens is 1. The lowest BCUT2D eigenvalue weighted by Crippen LogP contribution is -2.00. The van der Waals surface area contributed by atoms with Crippen molar-refractivity contribution in [3.8, 4) is 0 Å². The summed E-state index contributed by atoms with van der Waals surface area (Å²) in [6.45, 7) is 1.63. The molecule has 0 aliphatic rings. The van der Waals surface area contributed by atoms with Gasteiger partial charge in [-0.15, -0.1) is 0 Å². The Bertz CT molecular complexity index is 343. The lowest BCUT2D eigenvalue weighted by atomic mass is 11.0. The Morgan fingerprint density at radius 2 is 2.36 bits per heavy atom. The van der Waals surface area contributed by atoms with E-state index in [0.717, 1.165) is 3.01 Å². The normalized spacial score (nSPS) is 11.8. The van der Waals surface area contributed by atoms with Gasteiger partial charge in [-0.3, -0.25) is 0 Å². The maximum atomic E-state index is 11.2. The second-order valence-electron chi connectivity index (χ2n) is 1.84. The number of hydrogen-bond acceptors (Lipinski definition) is 4. The van der Waals surface area contributed by atoms with Crippen molar-refractivity contribution in [3.63, 3.8) is 0 Å². The van der Waals surface area contributed by atoms with Gasteiger partial charge in [0.05, 0.1) is 11.9 Å². The van der Waals surface area contributed by atoms with Crippen LogP contribution in [0, 0.1) is 3.01 Å². The molecule has 62 valence electrons. The van der Waals surface area contributed by atoms with Crippen LogP contribution in [0.25, 0.3) is 0 Å². The van der Waals surface area contributed by atoms with Gasteiger partial charge in [0.25, 0.3) is 0 Å². The molecule has 0 atom stereocenters. The van der Waals surface area contributed by atoms with E-state index >= 15 is 0 Å². The maximum Gasteiger partial charge on any atom is 0.189 e. The molecule has 3 nitrogen and oxygen atoms in total. The van der Waals surface area contributed by atoms with Crippen LogP contribution >= 0.6 is 33.9 Å². The van der Waals surface area contributed by atoms with E-state index in [4.69, 9.17) is 0 Å². The Morgan fingerprint density at radius 3 is 2.73 bits per heavy atom. The molecule has 1 heterocycles. The summed E-state index contributed by atoms with van der Waals surface area (Å²) in [7, 11) is -3.03. The first-order chi connectivity index (χ1) is 5.06. The molecule has 0 saturated heterocycles. The Morgan fingerprint density at radius 1 is 1.73 bits per heavy atom. The molecule has 0 aliphatic heterocycles. The average molecular weight is 303 g/mol. The maximum absolute atomic E-state index is 11.2. The zero-order valence-corrected chi connectivity index (χ0v) is 9.53. The van der Waals surface area contributed by atoms with Gasteiger partial charge in [-0.2, -0.15) is 0 Å². The number of nitrogens with zero attached hydrogens (tertiary/aromatic N) is 1. The Balaban J connectivity index is 3.13. The Labute approximate surface area is 82.9 Å². The molecule has 0 N–H and O–H groups in total. The fraction of sp³-hybridized carbons (Fsp3) is 0.400. The van der Waals surface area contributed by atoms with E-state index in [-0.39, 0.29) is 5.75 Å². The first-order valence-electron chi connectivity index (χ1n) is 2.90. The van der Waals surface area contributed by atoms with E-state index in [2.05, 4.69) is 4.98 Å². The molecule has 0 saturated carbocycles. The highest BCUT2D eigenvalue weighted by molar-refractivity contribution is 14.1. The molecule has 0 bridgehead atoms. The van der Waals surface area contributed by atoms with E-state index < -0.39 is 9.84 Å². The summed E-state index contributed by atoms with van der Waals surface area (Å²) in [5, 5.41) is 0. The molecule has 6 heteroatoms. The minimum absolute atomic E-state index is 0.144. The highest BCUT2D eigenvalue weighted by Gasteiger charge is 2.14. The zero-order chi connectivity index (χ0) is 8.48. The van der Waals surface area contributed by atoms with Crippen molar-refractivity contribution in [2.75, 3.05) is 5.75 Å². The highest BCUT2D eigenvalue weighted by Crippen LogP contribution is 2.20. The van der Waals surface area contributed by atoms with Crippen LogP contribution in [0.2, 0.25) is 0 Å². The van der Waals surface area contributed by atoms with E-state index in [1.54, 1.807) is 6.92 Å². The standard InChI is InChI=1S/C5H6INO2S2/c1-2-11(8,9)4-3-7-5(6)10-4/h3H,2H2,1H3. The van der Waals surface area contributed by atoms with Gasteiger partial charge in [0.2, 0.25) is 0 Å². The molecule has 0 spiro atoms. The Kier molecular flexibility index (Phi) is 2.87. The molecule has 0 amide bonds. The van der Waals surface area contributed by atoms with Gasteiger partial charge in [0, 0.05) is 0 Å². The van der Waals surface area contributed by atoms with Crippen molar-refractivity contribution >= 4 is 43.8 Å². The van der Waals surface area contributed by atoms with E-state index in [9.17, 15) is 8.42 Å². The third-order valence-electron chi connectivity index (χ3n) is 1.14. The minimum atomic E-state index is -3.03. The van der Waals surface area contributed by atoms with Crippen molar-refractivity contribution in [3.05, 3.63) is 9.21 Å². The molecule has 0 radical (unpaired) electrons. The summed E-state index contributed by atoms with van der Waals surface area (Å²) >= 11 is 3.21. The van der Waals surface area contributed by atoms with Crippen LogP contribution in [0.5, 0.6) is 0 Å². The largest absolute Gasteiger partial charge is 0.237 e. The molecule has 1 aromatic heterocycles. The predicted octanol–water partition coefficient (Wildman–Crippen LogP) is 1.54. The summed E-state index contributed by atoms with van der Waals surface area (Å²) in [5.41, 5.74) is 0. The second-order valence-corrected chi connectivity index (χ2v) is 7.13. The van der Waals surface area contributed by atoms with Gasteiger partial charge in [-0.25, -0.2) is 13.4 Å². The van der Waals surface area contributed by atoms with Gasteiger partial charge in [0.15, 0.2) is 12.9 Å². The number of rotatable bonds is 2. The molecular formula is C5H6INO2S2. The summed E-state index contributed by atoms with van der Waals surface area (Å²) in [6.07, 6.45) is 1.41. The monoisotopic (exact) mass is 303 g/mol. The van der Waals surface area contributed by atoms with Crippen molar-refractivity contribution in [1.82, 2.24) is 4.98 Å². The van der Waals surface area contributed by atoms with Gasteiger partial charge < -0.3 is 0 Å².